The van der Waals surface area contributed by atoms with Crippen LogP contribution in [0.5, 0.6) is 0 Å². The third kappa shape index (κ3) is 4.26. The van der Waals surface area contributed by atoms with Gasteiger partial charge in [-0.25, -0.2) is 43.9 Å². The number of hydrogen-bond donors (Lipinski definition) is 0. The number of nitrogens with zero attached hydrogens (tertiary/aromatic N) is 1. The Morgan fingerprint density at radius 2 is 1.00 bits per heavy atom. The molecule has 0 aromatic heterocycles. The van der Waals surface area contributed by atoms with Gasteiger partial charge >= 0.3 is 6.28 Å². The second-order valence-electron chi connectivity index (χ2n) is 11.3. The van der Waals surface area contributed by atoms with E-state index in [-0.39, 0.29) is 5.69 Å². The Balaban J connectivity index is 2.49. The maximum absolute atomic E-state index is 16.0. The summed E-state index contributed by atoms with van der Waals surface area (Å²) in [5.41, 5.74) is -4.57. The average molecular weight is 623 g/mol. The highest BCUT2D eigenvalue weighted by molar-refractivity contribution is 7.67. The zero-order chi connectivity index (χ0) is 31.5. The first kappa shape index (κ1) is 32.2. The van der Waals surface area contributed by atoms with E-state index in [1.165, 1.54) is 28.5 Å². The molecule has 0 aliphatic carbocycles. The molecule has 1 aliphatic rings. The molecule has 0 spiro atoms. The van der Waals surface area contributed by atoms with E-state index in [1.54, 1.807) is 40.7 Å². The minimum Gasteiger partial charge on any atom is -0.436 e. The molecular formula is C29H29BF10NP. The van der Waals surface area contributed by atoms with Crippen molar-refractivity contribution in [3.05, 3.63) is 88.5 Å². The van der Waals surface area contributed by atoms with E-state index in [9.17, 15) is 26.3 Å². The predicted octanol–water partition coefficient (Wildman–Crippen LogP) is 8.68. The minimum absolute atomic E-state index is 0.0970. The molecule has 0 N–H and O–H groups in total. The molecule has 13 heteroatoms. The molecule has 0 unspecified atom stereocenters. The fraction of sp³-hybridized carbons (Fsp3) is 0.379. The Morgan fingerprint density at radius 3 is 1.33 bits per heavy atom. The molecule has 3 aromatic rings. The van der Waals surface area contributed by atoms with Crippen molar-refractivity contribution in [2.45, 2.75) is 70.8 Å². The number of benzene rings is 3. The van der Waals surface area contributed by atoms with Gasteiger partial charge in [0.05, 0.1) is 7.05 Å². The van der Waals surface area contributed by atoms with Crippen LogP contribution in [0.3, 0.4) is 0 Å². The largest absolute Gasteiger partial charge is 0.436 e. The SMILES string of the molecule is CCC[C@H]1C[B-](c2c(F)c(F)c(F)c(F)c2F)(c2c(F)c(F)c(F)c(F)c2F)[N+](c2ccccc2)=P1(C(C)C)C(C)C. The molecule has 42 heavy (non-hydrogen) atoms. The van der Waals surface area contributed by atoms with Crippen molar-refractivity contribution in [2.75, 3.05) is 0 Å². The molecule has 0 saturated carbocycles. The van der Waals surface area contributed by atoms with Gasteiger partial charge in [0.15, 0.2) is 34.9 Å². The Morgan fingerprint density at radius 1 is 0.643 bits per heavy atom. The van der Waals surface area contributed by atoms with Crippen molar-refractivity contribution >= 4 is 29.9 Å². The summed E-state index contributed by atoms with van der Waals surface area (Å²) in [6, 6.07) is 7.43. The molecule has 1 atom stereocenters. The Kier molecular flexibility index (Phi) is 8.73. The summed E-state index contributed by atoms with van der Waals surface area (Å²) >= 11 is 0. The zero-order valence-corrected chi connectivity index (χ0v) is 24.4. The van der Waals surface area contributed by atoms with Crippen LogP contribution in [0.2, 0.25) is 6.32 Å². The van der Waals surface area contributed by atoms with Crippen molar-refractivity contribution < 1.29 is 48.1 Å². The second-order valence-corrected chi connectivity index (χ2v) is 16.1. The van der Waals surface area contributed by atoms with E-state index in [2.05, 4.69) is 0 Å². The third-order valence-electron chi connectivity index (χ3n) is 8.73. The van der Waals surface area contributed by atoms with Gasteiger partial charge in [0.25, 0.3) is 0 Å². The summed E-state index contributed by atoms with van der Waals surface area (Å²) in [7, 11) is -3.05. The Labute approximate surface area is 237 Å². The monoisotopic (exact) mass is 623 g/mol. The van der Waals surface area contributed by atoms with E-state index in [0.29, 0.717) is 12.8 Å². The maximum Gasteiger partial charge on any atom is 0.341 e. The number of hydrogen-bond acceptors (Lipinski definition) is 0. The van der Waals surface area contributed by atoms with Crippen LogP contribution in [0.25, 0.3) is 0 Å². The van der Waals surface area contributed by atoms with Crippen LogP contribution in [0, 0.1) is 58.2 Å². The Hall–Kier alpha value is -2.75. The first-order valence-corrected chi connectivity index (χ1v) is 15.5. The van der Waals surface area contributed by atoms with Crippen molar-refractivity contribution in [3.63, 3.8) is 0 Å². The first-order chi connectivity index (χ1) is 19.6. The van der Waals surface area contributed by atoms with E-state index < -0.39 is 106 Å². The van der Waals surface area contributed by atoms with Gasteiger partial charge < -0.3 is 4.24 Å². The zero-order valence-electron chi connectivity index (χ0n) is 23.5. The van der Waals surface area contributed by atoms with Crippen LogP contribution >= 0.6 is 7.05 Å². The number of rotatable bonds is 7. The second kappa shape index (κ2) is 11.4. The lowest BCUT2D eigenvalue weighted by molar-refractivity contribution is -0.267. The van der Waals surface area contributed by atoms with Crippen LogP contribution in [0.1, 0.15) is 47.5 Å². The van der Waals surface area contributed by atoms with Crippen molar-refractivity contribution in [1.82, 2.24) is 0 Å². The summed E-state index contributed by atoms with van der Waals surface area (Å²) in [4.78, 5) is 0. The summed E-state index contributed by atoms with van der Waals surface area (Å²) in [5.74, 6) is -24.1. The van der Waals surface area contributed by atoms with Gasteiger partial charge in [-0.1, -0.05) is 76.5 Å². The quantitative estimate of drug-likeness (QED) is 0.0815. The van der Waals surface area contributed by atoms with Crippen LogP contribution in [-0.2, 0) is 0 Å². The highest BCUT2D eigenvalue weighted by Crippen LogP contribution is 2.70. The molecule has 1 nitrogen and oxygen atoms in total. The van der Waals surface area contributed by atoms with Gasteiger partial charge in [-0.05, 0) is 6.42 Å². The molecule has 228 valence electrons. The van der Waals surface area contributed by atoms with Gasteiger partial charge in [0.1, 0.15) is 29.0 Å². The lowest BCUT2D eigenvalue weighted by Gasteiger charge is -2.41. The normalized spacial score (nSPS) is 18.0. The fourth-order valence-corrected chi connectivity index (χ4v) is 14.6. The summed E-state index contributed by atoms with van der Waals surface area (Å²) < 4.78 is 153. The van der Waals surface area contributed by atoms with Gasteiger partial charge in [0.2, 0.25) is 0 Å². The van der Waals surface area contributed by atoms with E-state index >= 15 is 17.6 Å². The van der Waals surface area contributed by atoms with E-state index in [1.807, 2.05) is 0 Å². The van der Waals surface area contributed by atoms with Gasteiger partial charge in [-0.2, -0.15) is 0 Å². The third-order valence-corrected chi connectivity index (χ3v) is 15.0. The minimum atomic E-state index is -4.09. The lowest BCUT2D eigenvalue weighted by atomic mass is 9.25. The van der Waals surface area contributed by atoms with Crippen molar-refractivity contribution in [3.8, 4) is 0 Å². The van der Waals surface area contributed by atoms with Crippen LogP contribution in [0.15, 0.2) is 30.3 Å². The molecule has 0 fully saturated rings. The van der Waals surface area contributed by atoms with Crippen LogP contribution in [0.4, 0.5) is 49.6 Å². The van der Waals surface area contributed by atoms with Crippen molar-refractivity contribution in [2.24, 2.45) is 0 Å². The summed E-state index contributed by atoms with van der Waals surface area (Å²) in [6.07, 6.45) is -3.96. The number of para-hydroxylation sites is 1. The summed E-state index contributed by atoms with van der Waals surface area (Å²) in [6.45, 7) is 8.88. The Bertz CT molecular complexity index is 1470. The maximum atomic E-state index is 16.0. The van der Waals surface area contributed by atoms with E-state index in [4.69, 9.17) is 0 Å². The highest BCUT2D eigenvalue weighted by Gasteiger charge is 2.63. The molecule has 4 rings (SSSR count). The molecule has 0 saturated heterocycles. The van der Waals surface area contributed by atoms with E-state index in [0.717, 1.165) is 0 Å². The van der Waals surface area contributed by atoms with Crippen LogP contribution < -0.4 is 10.9 Å². The summed E-state index contributed by atoms with van der Waals surface area (Å²) in [5, 5.41) is 0. The predicted molar refractivity (Wildman–Crippen MR) is 145 cm³/mol. The molecule has 1 aliphatic heterocycles. The lowest BCUT2D eigenvalue weighted by Crippen LogP contribution is -2.68. The van der Waals surface area contributed by atoms with Crippen LogP contribution in [-0.4, -0.2) is 27.5 Å². The molecule has 0 radical (unpaired) electrons. The standard InChI is InChI=1S/C29H29BF10NP/c1-6-10-17-13-30(18-20(31)24(35)28(39)25(36)21(18)32,19-22(33)26(37)29(40)27(38)23(19)34)41(16-11-8-7-9-12-16)42(17,14(2)3)15(4)5/h7-9,11-12,14-15,17H,6,10,13H2,1-5H3/t17-/m0/s1. The van der Waals surface area contributed by atoms with Crippen molar-refractivity contribution in [1.29, 1.82) is 0 Å². The van der Waals surface area contributed by atoms with Gasteiger partial charge in [-0.3, -0.25) is 0 Å². The van der Waals surface area contributed by atoms with Gasteiger partial charge in [-0.15, -0.1) is 0 Å². The van der Waals surface area contributed by atoms with Gasteiger partial charge in [0, 0.05) is 29.1 Å². The number of halogens is 10. The molecular weight excluding hydrogens is 594 g/mol. The first-order valence-electron chi connectivity index (χ1n) is 13.6. The average Bonchev–Trinajstić information content (AvgIpc) is 3.25. The smallest absolute Gasteiger partial charge is 0.341 e. The molecule has 0 amide bonds. The molecule has 3 aromatic carbocycles. The molecule has 0 bridgehead atoms. The molecule has 1 heterocycles. The fourth-order valence-electron chi connectivity index (χ4n) is 7.52. The highest BCUT2D eigenvalue weighted by atomic mass is 31.2. The topological polar surface area (TPSA) is 3.01 Å².